The quantitative estimate of drug-likeness (QED) is 0.535. The first kappa shape index (κ1) is 15.0. The van der Waals surface area contributed by atoms with Gasteiger partial charge in [-0.05, 0) is 6.92 Å². The van der Waals surface area contributed by atoms with E-state index >= 15 is 0 Å². The molecular weight excluding hydrogens is 256 g/mol. The molecule has 0 radical (unpaired) electrons. The number of carboxylic acid groups (broad SMARTS) is 1. The lowest BCUT2D eigenvalue weighted by Crippen LogP contribution is -2.10. The third-order valence-electron chi connectivity index (χ3n) is 2.09. The van der Waals surface area contributed by atoms with E-state index in [4.69, 9.17) is 14.6 Å². The second kappa shape index (κ2) is 8.12. The van der Waals surface area contributed by atoms with Crippen LogP contribution in [0.15, 0.2) is 11.4 Å². The minimum Gasteiger partial charge on any atom is -0.481 e. The highest BCUT2D eigenvalue weighted by molar-refractivity contribution is 7.99. The van der Waals surface area contributed by atoms with Gasteiger partial charge in [0.15, 0.2) is 5.16 Å². The number of imidazole rings is 1. The molecule has 0 aliphatic heterocycles. The van der Waals surface area contributed by atoms with Crippen LogP contribution in [0.3, 0.4) is 0 Å². The number of hydrogen-bond donors (Lipinski definition) is 1. The summed E-state index contributed by atoms with van der Waals surface area (Å²) < 4.78 is 12.2. The molecule has 6 nitrogen and oxygen atoms in total. The number of rotatable bonds is 9. The second-order valence-electron chi connectivity index (χ2n) is 3.65. The van der Waals surface area contributed by atoms with Crippen molar-refractivity contribution in [2.24, 2.45) is 0 Å². The van der Waals surface area contributed by atoms with E-state index in [0.29, 0.717) is 31.5 Å². The van der Waals surface area contributed by atoms with Crippen LogP contribution in [0.25, 0.3) is 0 Å². The molecule has 0 aliphatic rings. The zero-order chi connectivity index (χ0) is 13.4. The monoisotopic (exact) mass is 274 g/mol. The van der Waals surface area contributed by atoms with Gasteiger partial charge in [0.2, 0.25) is 0 Å². The van der Waals surface area contributed by atoms with E-state index in [9.17, 15) is 4.79 Å². The molecule has 1 N–H and O–H groups in total. The largest absolute Gasteiger partial charge is 0.481 e. The molecule has 0 bridgehead atoms. The Morgan fingerprint density at radius 1 is 1.50 bits per heavy atom. The average Bonchev–Trinajstić information content (AvgIpc) is 2.67. The molecule has 0 spiro atoms. The van der Waals surface area contributed by atoms with Gasteiger partial charge in [0, 0.05) is 19.9 Å². The number of thioether (sulfide) groups is 1. The van der Waals surface area contributed by atoms with Gasteiger partial charge in [-0.1, -0.05) is 11.8 Å². The van der Waals surface area contributed by atoms with Crippen molar-refractivity contribution >= 4 is 17.7 Å². The smallest absolute Gasteiger partial charge is 0.313 e. The molecule has 18 heavy (non-hydrogen) atoms. The summed E-state index contributed by atoms with van der Waals surface area (Å²) in [6, 6.07) is 0. The molecule has 0 fully saturated rings. The van der Waals surface area contributed by atoms with E-state index in [1.165, 1.54) is 11.8 Å². The van der Waals surface area contributed by atoms with Gasteiger partial charge < -0.3 is 19.1 Å². The van der Waals surface area contributed by atoms with E-state index in [1.54, 1.807) is 7.11 Å². The lowest BCUT2D eigenvalue weighted by molar-refractivity contribution is -0.133. The number of hydrogen-bond acceptors (Lipinski definition) is 5. The topological polar surface area (TPSA) is 73.6 Å². The van der Waals surface area contributed by atoms with Crippen molar-refractivity contribution in [1.82, 2.24) is 9.55 Å². The Hall–Kier alpha value is -1.05. The summed E-state index contributed by atoms with van der Waals surface area (Å²) in [4.78, 5) is 14.8. The molecule has 102 valence electrons. The van der Waals surface area contributed by atoms with Gasteiger partial charge in [-0.2, -0.15) is 0 Å². The van der Waals surface area contributed by atoms with Crippen LogP contribution in [0.4, 0.5) is 0 Å². The minimum atomic E-state index is -0.844. The maximum atomic E-state index is 10.5. The van der Waals surface area contributed by atoms with Crippen molar-refractivity contribution in [3.05, 3.63) is 11.9 Å². The van der Waals surface area contributed by atoms with Crippen molar-refractivity contribution in [2.75, 3.05) is 32.7 Å². The summed E-state index contributed by atoms with van der Waals surface area (Å²) in [5.74, 6) is -0.829. The highest BCUT2D eigenvalue weighted by atomic mass is 32.2. The van der Waals surface area contributed by atoms with Crippen LogP contribution in [0.5, 0.6) is 0 Å². The maximum Gasteiger partial charge on any atom is 0.313 e. The van der Waals surface area contributed by atoms with Crippen molar-refractivity contribution < 1.29 is 19.4 Å². The molecule has 0 saturated carbocycles. The van der Waals surface area contributed by atoms with Crippen molar-refractivity contribution in [1.29, 1.82) is 0 Å². The van der Waals surface area contributed by atoms with Gasteiger partial charge in [-0.25, -0.2) is 4.98 Å². The third kappa shape index (κ3) is 5.52. The molecule has 0 aromatic carbocycles. The van der Waals surface area contributed by atoms with Gasteiger partial charge in [-0.15, -0.1) is 0 Å². The van der Waals surface area contributed by atoms with E-state index in [-0.39, 0.29) is 5.75 Å². The fourth-order valence-corrected chi connectivity index (χ4v) is 2.10. The molecule has 0 aliphatic carbocycles. The summed E-state index contributed by atoms with van der Waals surface area (Å²) in [5.41, 5.74) is 0.875. The van der Waals surface area contributed by atoms with Crippen LogP contribution < -0.4 is 0 Å². The summed E-state index contributed by atoms with van der Waals surface area (Å²) in [5, 5.41) is 9.36. The lowest BCUT2D eigenvalue weighted by atomic mass is 10.5. The Morgan fingerprint density at radius 2 is 2.28 bits per heavy atom. The van der Waals surface area contributed by atoms with Crippen molar-refractivity contribution in [2.45, 2.75) is 18.6 Å². The molecule has 0 saturated heterocycles. The number of carbonyl (C=O) groups is 1. The SMILES string of the molecule is COCCOCCn1cc(C)nc1SCC(=O)O. The average molecular weight is 274 g/mol. The molecule has 1 aromatic heterocycles. The second-order valence-corrected chi connectivity index (χ2v) is 4.59. The molecule has 0 atom stereocenters. The van der Waals surface area contributed by atoms with Crippen LogP contribution >= 0.6 is 11.8 Å². The molecular formula is C11H18N2O4S. The highest BCUT2D eigenvalue weighted by Gasteiger charge is 2.08. The van der Waals surface area contributed by atoms with Crippen LogP contribution in [-0.4, -0.2) is 53.3 Å². The minimum absolute atomic E-state index is 0.0149. The van der Waals surface area contributed by atoms with E-state index < -0.39 is 5.97 Å². The zero-order valence-electron chi connectivity index (χ0n) is 10.6. The number of aliphatic carboxylic acids is 1. The standard InChI is InChI=1S/C11H18N2O4S/c1-9-7-13(3-4-17-6-5-16-2)11(12-9)18-8-10(14)15/h7H,3-6,8H2,1-2H3,(H,14,15). The van der Waals surface area contributed by atoms with Gasteiger partial charge >= 0.3 is 5.97 Å². The maximum absolute atomic E-state index is 10.5. The Balaban J connectivity index is 2.40. The lowest BCUT2D eigenvalue weighted by Gasteiger charge is -2.07. The van der Waals surface area contributed by atoms with E-state index in [2.05, 4.69) is 4.98 Å². The number of nitrogens with zero attached hydrogens (tertiary/aromatic N) is 2. The summed E-state index contributed by atoms with van der Waals surface area (Å²) in [6.07, 6.45) is 1.89. The van der Waals surface area contributed by atoms with Gasteiger partial charge in [0.05, 0.1) is 31.3 Å². The molecule has 1 aromatic rings. The first-order valence-corrected chi connectivity index (χ1v) is 6.57. The third-order valence-corrected chi connectivity index (χ3v) is 3.07. The first-order valence-electron chi connectivity index (χ1n) is 5.58. The van der Waals surface area contributed by atoms with E-state index in [0.717, 1.165) is 5.69 Å². The molecule has 0 amide bonds. The summed E-state index contributed by atoms with van der Waals surface area (Å²) in [7, 11) is 1.63. The predicted molar refractivity (Wildman–Crippen MR) is 68.0 cm³/mol. The Morgan fingerprint density at radius 3 is 2.94 bits per heavy atom. The first-order chi connectivity index (χ1) is 8.63. The van der Waals surface area contributed by atoms with Gasteiger partial charge in [0.1, 0.15) is 0 Å². The molecule has 1 rings (SSSR count). The Labute approximate surface area is 110 Å². The van der Waals surface area contributed by atoms with Crippen LogP contribution in [0.1, 0.15) is 5.69 Å². The molecule has 1 heterocycles. The number of carboxylic acids is 1. The van der Waals surface area contributed by atoms with Crippen LogP contribution in [0.2, 0.25) is 0 Å². The summed E-state index contributed by atoms with van der Waals surface area (Å²) >= 11 is 1.22. The normalized spacial score (nSPS) is 10.8. The highest BCUT2D eigenvalue weighted by Crippen LogP contribution is 2.17. The number of methoxy groups -OCH3 is 1. The zero-order valence-corrected chi connectivity index (χ0v) is 11.4. The van der Waals surface area contributed by atoms with Crippen molar-refractivity contribution in [3.63, 3.8) is 0 Å². The van der Waals surface area contributed by atoms with Crippen LogP contribution in [-0.2, 0) is 20.8 Å². The predicted octanol–water partition coefficient (Wildman–Crippen LogP) is 1.03. The Bertz CT molecular complexity index is 381. The number of aryl methyl sites for hydroxylation is 1. The molecule has 0 unspecified atom stereocenters. The number of ether oxygens (including phenoxy) is 2. The van der Waals surface area contributed by atoms with Gasteiger partial charge in [0.25, 0.3) is 0 Å². The number of aromatic nitrogens is 2. The fraction of sp³-hybridized carbons (Fsp3) is 0.636. The van der Waals surface area contributed by atoms with E-state index in [1.807, 2.05) is 17.7 Å². The fourth-order valence-electron chi connectivity index (χ4n) is 1.33. The Kier molecular flexibility index (Phi) is 6.77. The van der Waals surface area contributed by atoms with Gasteiger partial charge in [-0.3, -0.25) is 4.79 Å². The van der Waals surface area contributed by atoms with Crippen molar-refractivity contribution in [3.8, 4) is 0 Å². The summed E-state index contributed by atoms with van der Waals surface area (Å²) in [6.45, 7) is 4.23. The molecule has 7 heteroatoms. The van der Waals surface area contributed by atoms with Crippen LogP contribution in [0, 0.1) is 6.92 Å².